The molecule has 0 radical (unpaired) electrons. The van der Waals surface area contributed by atoms with E-state index in [0.29, 0.717) is 5.02 Å². The molecule has 2 aromatic rings. The van der Waals surface area contributed by atoms with E-state index in [1.165, 1.54) is 0 Å². The molecule has 0 aliphatic carbocycles. The Balaban J connectivity index is 0.00000176. The highest BCUT2D eigenvalue weighted by molar-refractivity contribution is 6.30. The van der Waals surface area contributed by atoms with Crippen molar-refractivity contribution >= 4 is 35.6 Å². The summed E-state index contributed by atoms with van der Waals surface area (Å²) in [5.74, 6) is 0.790. The van der Waals surface area contributed by atoms with Crippen molar-refractivity contribution in [3.8, 4) is 0 Å². The fourth-order valence-corrected chi connectivity index (χ4v) is 2.90. The predicted octanol–water partition coefficient (Wildman–Crippen LogP) is 5.89. The zero-order chi connectivity index (χ0) is 14.9. The fraction of sp³-hybridized carbons (Fsp3) is 0.278. The summed E-state index contributed by atoms with van der Waals surface area (Å²) in [6.07, 6.45) is 1.84. The minimum atomic E-state index is -0.548. The molecule has 0 saturated carbocycles. The Labute approximate surface area is 142 Å². The summed E-state index contributed by atoms with van der Waals surface area (Å²) in [4.78, 5) is 4.63. The summed E-state index contributed by atoms with van der Waals surface area (Å²) in [6.45, 7) is 4.21. The van der Waals surface area contributed by atoms with Crippen LogP contribution in [-0.2, 0) is 10.3 Å². The summed E-state index contributed by atoms with van der Waals surface area (Å²) in [5.41, 5.74) is 2.52. The first kappa shape index (κ1) is 16.9. The monoisotopic (exact) mass is 335 g/mol. The highest BCUT2D eigenvalue weighted by Crippen LogP contribution is 2.43. The molecule has 1 aliphatic heterocycles. The summed E-state index contributed by atoms with van der Waals surface area (Å²) in [7, 11) is 0. The van der Waals surface area contributed by atoms with Gasteiger partial charge in [-0.3, -0.25) is 0 Å². The van der Waals surface area contributed by atoms with Crippen LogP contribution in [0.2, 0.25) is 5.02 Å². The van der Waals surface area contributed by atoms with Crippen molar-refractivity contribution in [3.63, 3.8) is 0 Å². The van der Waals surface area contributed by atoms with E-state index in [4.69, 9.17) is 16.3 Å². The number of benzene rings is 2. The lowest BCUT2D eigenvalue weighted by molar-refractivity contribution is 0.109. The zero-order valence-electron chi connectivity index (χ0n) is 12.7. The Hall–Kier alpha value is -1.51. The van der Waals surface area contributed by atoms with E-state index in [-0.39, 0.29) is 12.4 Å². The van der Waals surface area contributed by atoms with Crippen LogP contribution in [0.15, 0.2) is 53.5 Å². The molecule has 0 spiro atoms. The Morgan fingerprint density at radius 1 is 1.14 bits per heavy atom. The van der Waals surface area contributed by atoms with Gasteiger partial charge in [0.25, 0.3) is 0 Å². The van der Waals surface area contributed by atoms with Gasteiger partial charge in [-0.05, 0) is 37.1 Å². The molecule has 1 heterocycles. The number of ether oxygens (including phenoxy) is 1. The van der Waals surface area contributed by atoms with Crippen molar-refractivity contribution in [2.45, 2.75) is 32.3 Å². The van der Waals surface area contributed by atoms with Crippen LogP contribution in [0, 0.1) is 0 Å². The zero-order valence-corrected chi connectivity index (χ0v) is 14.2. The topological polar surface area (TPSA) is 21.6 Å². The van der Waals surface area contributed by atoms with E-state index in [2.05, 4.69) is 31.0 Å². The largest absolute Gasteiger partial charge is 0.465 e. The molecule has 3 rings (SSSR count). The van der Waals surface area contributed by atoms with Crippen molar-refractivity contribution in [1.29, 1.82) is 0 Å². The van der Waals surface area contributed by atoms with Gasteiger partial charge in [0.2, 0.25) is 0 Å². The maximum Gasteiger partial charge on any atom is 0.189 e. The summed E-state index contributed by atoms with van der Waals surface area (Å²) >= 11 is 6.18. The molecule has 0 N–H and O–H groups in total. The van der Waals surface area contributed by atoms with Gasteiger partial charge in [0.1, 0.15) is 0 Å². The molecule has 1 aliphatic rings. The van der Waals surface area contributed by atoms with E-state index in [9.17, 15) is 0 Å². The first-order valence-corrected chi connectivity index (χ1v) is 7.63. The quantitative estimate of drug-likeness (QED) is 0.685. The van der Waals surface area contributed by atoms with Crippen LogP contribution >= 0.6 is 24.0 Å². The molecule has 4 heteroatoms. The molecule has 0 amide bonds. The van der Waals surface area contributed by atoms with Crippen molar-refractivity contribution in [1.82, 2.24) is 0 Å². The van der Waals surface area contributed by atoms with E-state index < -0.39 is 5.60 Å². The average molecular weight is 336 g/mol. The molecule has 0 saturated heterocycles. The molecular formula is C18H19Cl2NO. The molecule has 2 nitrogen and oxygen atoms in total. The summed E-state index contributed by atoms with van der Waals surface area (Å²) in [5, 5.41) is 0.702. The number of fused-ring (bicyclic) bond motifs is 1. The van der Waals surface area contributed by atoms with Crippen molar-refractivity contribution in [2.75, 3.05) is 0 Å². The molecule has 1 unspecified atom stereocenters. The highest BCUT2D eigenvalue weighted by Gasteiger charge is 2.37. The minimum absolute atomic E-state index is 0. The van der Waals surface area contributed by atoms with Crippen LogP contribution in [0.5, 0.6) is 0 Å². The Bertz CT molecular complexity index is 685. The SMILES string of the molecule is CCCC1=Nc2ccc(Cl)cc2C(C)(c2ccccc2)O1.Cl. The first-order chi connectivity index (χ1) is 10.1. The van der Waals surface area contributed by atoms with Gasteiger partial charge in [0.15, 0.2) is 11.5 Å². The third kappa shape index (κ3) is 2.99. The van der Waals surface area contributed by atoms with Crippen molar-refractivity contribution < 1.29 is 4.74 Å². The predicted molar refractivity (Wildman–Crippen MR) is 94.7 cm³/mol. The van der Waals surface area contributed by atoms with Crippen LogP contribution in [0.25, 0.3) is 0 Å². The van der Waals surface area contributed by atoms with Crippen LogP contribution in [0.3, 0.4) is 0 Å². The van der Waals surface area contributed by atoms with Gasteiger partial charge in [-0.15, -0.1) is 12.4 Å². The lowest BCUT2D eigenvalue weighted by Gasteiger charge is -2.36. The molecule has 0 fully saturated rings. The van der Waals surface area contributed by atoms with Crippen molar-refractivity contribution in [2.24, 2.45) is 4.99 Å². The van der Waals surface area contributed by atoms with Gasteiger partial charge in [-0.1, -0.05) is 48.9 Å². The fourth-order valence-electron chi connectivity index (χ4n) is 2.73. The van der Waals surface area contributed by atoms with Crippen LogP contribution in [0.4, 0.5) is 5.69 Å². The average Bonchev–Trinajstić information content (AvgIpc) is 2.49. The van der Waals surface area contributed by atoms with E-state index in [1.807, 2.05) is 36.4 Å². The van der Waals surface area contributed by atoms with E-state index >= 15 is 0 Å². The smallest absolute Gasteiger partial charge is 0.189 e. The number of nitrogens with zero attached hydrogens (tertiary/aromatic N) is 1. The number of halogens is 2. The maximum absolute atomic E-state index is 6.27. The molecule has 22 heavy (non-hydrogen) atoms. The number of aliphatic imine (C=N–C) groups is 1. The third-order valence-corrected chi connectivity index (χ3v) is 4.06. The standard InChI is InChI=1S/C18H18ClNO.ClH/c1-3-7-17-20-16-11-10-14(19)12-15(16)18(2,21-17)13-8-5-4-6-9-13;/h4-6,8-12H,3,7H2,1-2H3;1H. The van der Waals surface area contributed by atoms with Gasteiger partial charge >= 0.3 is 0 Å². The van der Waals surface area contributed by atoms with Crippen LogP contribution in [-0.4, -0.2) is 5.90 Å². The van der Waals surface area contributed by atoms with E-state index in [1.54, 1.807) is 0 Å². The molecule has 0 bridgehead atoms. The highest BCUT2D eigenvalue weighted by atomic mass is 35.5. The molecule has 116 valence electrons. The Kier molecular flexibility index (Phi) is 5.15. The summed E-state index contributed by atoms with van der Waals surface area (Å²) < 4.78 is 6.27. The number of rotatable bonds is 3. The lowest BCUT2D eigenvalue weighted by Crippen LogP contribution is -2.33. The van der Waals surface area contributed by atoms with Crippen LogP contribution < -0.4 is 0 Å². The van der Waals surface area contributed by atoms with Gasteiger partial charge in [0.05, 0.1) is 5.69 Å². The molecule has 2 aromatic carbocycles. The Morgan fingerprint density at radius 3 is 2.55 bits per heavy atom. The van der Waals surface area contributed by atoms with Gasteiger partial charge in [-0.2, -0.15) is 0 Å². The van der Waals surface area contributed by atoms with Gasteiger partial charge < -0.3 is 4.74 Å². The second-order valence-electron chi connectivity index (χ2n) is 5.42. The maximum atomic E-state index is 6.27. The van der Waals surface area contributed by atoms with Gasteiger partial charge in [-0.25, -0.2) is 4.99 Å². The van der Waals surface area contributed by atoms with Crippen LogP contribution in [0.1, 0.15) is 37.8 Å². The van der Waals surface area contributed by atoms with Gasteiger partial charge in [0, 0.05) is 17.0 Å². The third-order valence-electron chi connectivity index (χ3n) is 3.83. The van der Waals surface area contributed by atoms with Crippen molar-refractivity contribution in [3.05, 3.63) is 64.7 Å². The minimum Gasteiger partial charge on any atom is -0.465 e. The Morgan fingerprint density at radius 2 is 1.86 bits per heavy atom. The normalized spacial score (nSPS) is 19.5. The molecule has 0 aromatic heterocycles. The summed E-state index contributed by atoms with van der Waals surface area (Å²) in [6, 6.07) is 16.0. The molecule has 1 atom stereocenters. The first-order valence-electron chi connectivity index (χ1n) is 7.25. The lowest BCUT2D eigenvalue weighted by atomic mass is 9.86. The second-order valence-corrected chi connectivity index (χ2v) is 5.85. The molecular weight excluding hydrogens is 317 g/mol. The van der Waals surface area contributed by atoms with E-state index in [0.717, 1.165) is 35.6 Å². The second kappa shape index (κ2) is 6.72. The number of hydrogen-bond donors (Lipinski definition) is 0. The number of hydrogen-bond acceptors (Lipinski definition) is 2.